The molecule has 0 radical (unpaired) electrons. The Morgan fingerprint density at radius 3 is 2.67 bits per heavy atom. The SMILES string of the molecule is COc1c(F)cccc1C(O)C(O)C#N. The number of hydrogen-bond acceptors (Lipinski definition) is 4. The Bertz CT molecular complexity index is 389. The molecule has 4 nitrogen and oxygen atoms in total. The van der Waals surface area contributed by atoms with E-state index in [-0.39, 0.29) is 11.3 Å². The zero-order chi connectivity index (χ0) is 11.4. The average molecular weight is 211 g/mol. The van der Waals surface area contributed by atoms with Gasteiger partial charge in [0.2, 0.25) is 0 Å². The minimum Gasteiger partial charge on any atom is -0.493 e. The Hall–Kier alpha value is -1.64. The van der Waals surface area contributed by atoms with Gasteiger partial charge in [-0.25, -0.2) is 4.39 Å². The molecule has 0 amide bonds. The minimum atomic E-state index is -1.61. The van der Waals surface area contributed by atoms with Crippen molar-refractivity contribution in [3.63, 3.8) is 0 Å². The van der Waals surface area contributed by atoms with E-state index in [2.05, 4.69) is 0 Å². The number of benzene rings is 1. The van der Waals surface area contributed by atoms with Crippen LogP contribution in [0.3, 0.4) is 0 Å². The lowest BCUT2D eigenvalue weighted by atomic mass is 10.0. The monoisotopic (exact) mass is 211 g/mol. The molecule has 1 rings (SSSR count). The molecule has 0 aliphatic carbocycles. The number of nitrogens with zero attached hydrogens (tertiary/aromatic N) is 1. The summed E-state index contributed by atoms with van der Waals surface area (Å²) in [5.74, 6) is -0.821. The van der Waals surface area contributed by atoms with Crippen LogP contribution in [0.2, 0.25) is 0 Å². The van der Waals surface area contributed by atoms with Crippen molar-refractivity contribution >= 4 is 0 Å². The molecule has 0 fully saturated rings. The summed E-state index contributed by atoms with van der Waals surface area (Å²) in [6.45, 7) is 0. The van der Waals surface area contributed by atoms with Crippen LogP contribution >= 0.6 is 0 Å². The Labute approximate surface area is 86.2 Å². The number of hydrogen-bond donors (Lipinski definition) is 2. The highest BCUT2D eigenvalue weighted by Crippen LogP contribution is 2.29. The van der Waals surface area contributed by atoms with E-state index < -0.39 is 18.0 Å². The maximum atomic E-state index is 13.2. The molecule has 0 heterocycles. The highest BCUT2D eigenvalue weighted by atomic mass is 19.1. The van der Waals surface area contributed by atoms with Gasteiger partial charge in [0, 0.05) is 5.56 Å². The van der Waals surface area contributed by atoms with Crippen LogP contribution in [0, 0.1) is 17.1 Å². The summed E-state index contributed by atoms with van der Waals surface area (Å²) in [6, 6.07) is 5.37. The van der Waals surface area contributed by atoms with Crippen LogP contribution in [0.25, 0.3) is 0 Å². The van der Waals surface area contributed by atoms with Crippen LogP contribution in [-0.4, -0.2) is 23.4 Å². The number of aliphatic hydroxyl groups excluding tert-OH is 2. The van der Waals surface area contributed by atoms with Crippen molar-refractivity contribution in [2.45, 2.75) is 12.2 Å². The van der Waals surface area contributed by atoms with Gasteiger partial charge >= 0.3 is 0 Å². The normalized spacial score (nSPS) is 14.1. The quantitative estimate of drug-likeness (QED) is 0.723. The summed E-state index contributed by atoms with van der Waals surface area (Å²) in [5.41, 5.74) is 0.0477. The van der Waals surface area contributed by atoms with Crippen LogP contribution in [0.15, 0.2) is 18.2 Å². The second kappa shape index (κ2) is 4.73. The molecule has 0 aliphatic heterocycles. The molecule has 1 aromatic rings. The number of methoxy groups -OCH3 is 1. The lowest BCUT2D eigenvalue weighted by molar-refractivity contribution is 0.0507. The fourth-order valence-corrected chi connectivity index (χ4v) is 1.21. The zero-order valence-corrected chi connectivity index (χ0v) is 8.01. The Kier molecular flexibility index (Phi) is 3.61. The third-order valence-electron chi connectivity index (χ3n) is 1.95. The van der Waals surface area contributed by atoms with Gasteiger partial charge in [-0.1, -0.05) is 12.1 Å². The summed E-state index contributed by atoms with van der Waals surface area (Å²) >= 11 is 0. The number of halogens is 1. The maximum Gasteiger partial charge on any atom is 0.170 e. The lowest BCUT2D eigenvalue weighted by Crippen LogP contribution is -2.16. The van der Waals surface area contributed by atoms with Crippen molar-refractivity contribution in [2.75, 3.05) is 7.11 Å². The van der Waals surface area contributed by atoms with Gasteiger partial charge in [0.25, 0.3) is 0 Å². The second-order valence-corrected chi connectivity index (χ2v) is 2.88. The molecular weight excluding hydrogens is 201 g/mol. The Morgan fingerprint density at radius 1 is 1.47 bits per heavy atom. The molecule has 0 aromatic heterocycles. The van der Waals surface area contributed by atoms with Crippen LogP contribution < -0.4 is 4.74 Å². The standard InChI is InChI=1S/C10H10FNO3/c1-15-10-6(3-2-4-7(10)11)9(14)8(13)5-12/h2-4,8-9,13-14H,1H3. The first-order valence-corrected chi connectivity index (χ1v) is 4.20. The van der Waals surface area contributed by atoms with Crippen molar-refractivity contribution in [1.82, 2.24) is 0 Å². The molecule has 0 saturated heterocycles. The number of aliphatic hydroxyl groups is 2. The van der Waals surface area contributed by atoms with Gasteiger partial charge in [0.15, 0.2) is 17.7 Å². The van der Waals surface area contributed by atoms with Crippen LogP contribution in [0.5, 0.6) is 5.75 Å². The summed E-state index contributed by atoms with van der Waals surface area (Å²) < 4.78 is 17.9. The predicted octanol–water partition coefficient (Wildman–Crippen LogP) is 0.752. The first kappa shape index (κ1) is 11.4. The van der Waals surface area contributed by atoms with E-state index in [0.717, 1.165) is 6.07 Å². The number of ether oxygens (including phenoxy) is 1. The summed E-state index contributed by atoms with van der Waals surface area (Å²) in [6.07, 6.45) is -3.10. The molecule has 15 heavy (non-hydrogen) atoms. The number of nitriles is 1. The van der Waals surface area contributed by atoms with Gasteiger partial charge in [-0.05, 0) is 6.07 Å². The highest BCUT2D eigenvalue weighted by molar-refractivity contribution is 5.37. The number of rotatable bonds is 3. The summed E-state index contributed by atoms with van der Waals surface area (Å²) in [4.78, 5) is 0. The molecule has 0 saturated carbocycles. The van der Waals surface area contributed by atoms with E-state index in [1.807, 2.05) is 0 Å². The molecule has 80 valence electrons. The molecule has 0 spiro atoms. The van der Waals surface area contributed by atoms with Crippen LogP contribution in [0.1, 0.15) is 11.7 Å². The van der Waals surface area contributed by atoms with E-state index in [9.17, 15) is 9.50 Å². The van der Waals surface area contributed by atoms with Crippen molar-refractivity contribution in [3.8, 4) is 11.8 Å². The van der Waals surface area contributed by atoms with Gasteiger partial charge in [-0.15, -0.1) is 0 Å². The molecule has 2 atom stereocenters. The third kappa shape index (κ3) is 2.24. The van der Waals surface area contributed by atoms with Crippen LogP contribution in [-0.2, 0) is 0 Å². The predicted molar refractivity (Wildman–Crippen MR) is 49.5 cm³/mol. The van der Waals surface area contributed by atoms with E-state index in [1.165, 1.54) is 25.3 Å². The Balaban J connectivity index is 3.14. The van der Waals surface area contributed by atoms with Gasteiger partial charge in [0.1, 0.15) is 6.10 Å². The van der Waals surface area contributed by atoms with Gasteiger partial charge in [-0.3, -0.25) is 0 Å². The molecule has 1 aromatic carbocycles. The third-order valence-corrected chi connectivity index (χ3v) is 1.95. The van der Waals surface area contributed by atoms with Gasteiger partial charge in [0.05, 0.1) is 13.2 Å². The van der Waals surface area contributed by atoms with Crippen molar-refractivity contribution < 1.29 is 19.3 Å². The fourth-order valence-electron chi connectivity index (χ4n) is 1.21. The van der Waals surface area contributed by atoms with E-state index in [0.29, 0.717) is 0 Å². The molecule has 2 unspecified atom stereocenters. The maximum absolute atomic E-state index is 13.2. The van der Waals surface area contributed by atoms with Crippen molar-refractivity contribution in [1.29, 1.82) is 5.26 Å². The van der Waals surface area contributed by atoms with Gasteiger partial charge < -0.3 is 14.9 Å². The van der Waals surface area contributed by atoms with Crippen molar-refractivity contribution in [3.05, 3.63) is 29.6 Å². The Morgan fingerprint density at radius 2 is 2.13 bits per heavy atom. The molecule has 0 bridgehead atoms. The number of para-hydroxylation sites is 1. The second-order valence-electron chi connectivity index (χ2n) is 2.88. The van der Waals surface area contributed by atoms with E-state index >= 15 is 0 Å². The fraction of sp³-hybridized carbons (Fsp3) is 0.300. The zero-order valence-electron chi connectivity index (χ0n) is 8.01. The van der Waals surface area contributed by atoms with E-state index in [1.54, 1.807) is 0 Å². The smallest absolute Gasteiger partial charge is 0.170 e. The minimum absolute atomic E-state index is 0.0477. The molecule has 0 aliphatic rings. The lowest BCUT2D eigenvalue weighted by Gasteiger charge is -2.15. The van der Waals surface area contributed by atoms with E-state index in [4.69, 9.17) is 15.1 Å². The van der Waals surface area contributed by atoms with Crippen LogP contribution in [0.4, 0.5) is 4.39 Å². The highest BCUT2D eigenvalue weighted by Gasteiger charge is 2.22. The first-order valence-electron chi connectivity index (χ1n) is 4.20. The average Bonchev–Trinajstić information content (AvgIpc) is 2.26. The largest absolute Gasteiger partial charge is 0.493 e. The molecular formula is C10H10FNO3. The van der Waals surface area contributed by atoms with Crippen molar-refractivity contribution in [2.24, 2.45) is 0 Å². The first-order chi connectivity index (χ1) is 7.11. The van der Waals surface area contributed by atoms with Gasteiger partial charge in [-0.2, -0.15) is 5.26 Å². The topological polar surface area (TPSA) is 73.5 Å². The molecule has 2 N–H and O–H groups in total. The summed E-state index contributed by atoms with van der Waals surface area (Å²) in [7, 11) is 1.24. The summed E-state index contributed by atoms with van der Waals surface area (Å²) in [5, 5.41) is 27.0. The molecule has 5 heteroatoms.